The Morgan fingerprint density at radius 3 is 2.58 bits per heavy atom. The zero-order chi connectivity index (χ0) is 19.2. The highest BCUT2D eigenvalue weighted by Crippen LogP contribution is 2.25. The summed E-state index contributed by atoms with van der Waals surface area (Å²) in [7, 11) is 1.73. The van der Waals surface area contributed by atoms with Crippen LogP contribution in [0.2, 0.25) is 0 Å². The van der Waals surface area contributed by atoms with Crippen molar-refractivity contribution in [3.8, 4) is 5.88 Å². The van der Waals surface area contributed by atoms with Crippen LogP contribution in [-0.4, -0.2) is 43.7 Å². The number of carbonyl (C=O) groups is 2. The number of rotatable bonds is 8. The van der Waals surface area contributed by atoms with Crippen LogP contribution < -0.4 is 15.4 Å². The van der Waals surface area contributed by atoms with Crippen LogP contribution in [0.5, 0.6) is 5.88 Å². The molecule has 1 heterocycles. The highest BCUT2D eigenvalue weighted by molar-refractivity contribution is 5.97. The van der Waals surface area contributed by atoms with Crippen molar-refractivity contribution < 1.29 is 19.1 Å². The lowest BCUT2D eigenvalue weighted by Crippen LogP contribution is -2.33. The van der Waals surface area contributed by atoms with Crippen molar-refractivity contribution in [1.82, 2.24) is 10.3 Å². The smallest absolute Gasteiger partial charge is 0.344 e. The third kappa shape index (κ3) is 6.20. The minimum absolute atomic E-state index is 0.103. The third-order valence-corrected chi connectivity index (χ3v) is 4.13. The molecule has 0 atom stereocenters. The van der Waals surface area contributed by atoms with E-state index in [1.165, 1.54) is 6.42 Å². The summed E-state index contributed by atoms with van der Waals surface area (Å²) in [6, 6.07) is 3.33. The molecule has 0 spiro atoms. The summed E-state index contributed by atoms with van der Waals surface area (Å²) in [5, 5.41) is 5.87. The first-order chi connectivity index (χ1) is 12.3. The molecule has 1 saturated carbocycles. The van der Waals surface area contributed by atoms with Crippen LogP contribution in [-0.2, 0) is 9.53 Å². The molecule has 0 radical (unpaired) electrons. The van der Waals surface area contributed by atoms with Gasteiger partial charge >= 0.3 is 5.97 Å². The van der Waals surface area contributed by atoms with E-state index in [9.17, 15) is 9.59 Å². The predicted octanol–water partition coefficient (Wildman–Crippen LogP) is 2.62. The summed E-state index contributed by atoms with van der Waals surface area (Å²) in [4.78, 5) is 28.4. The SMILES string of the molecule is CNc1ccc(OCC(=O)OCC(C)(C)C)nc1C(=O)NCC1CCC1. The van der Waals surface area contributed by atoms with Crippen molar-refractivity contribution >= 4 is 17.6 Å². The normalized spacial score (nSPS) is 14.3. The fraction of sp³-hybridized carbons (Fsp3) is 0.632. The molecule has 2 N–H and O–H groups in total. The quantitative estimate of drug-likeness (QED) is 0.690. The summed E-state index contributed by atoms with van der Waals surface area (Å²) >= 11 is 0. The number of nitrogens with one attached hydrogen (secondary N) is 2. The Morgan fingerprint density at radius 1 is 1.27 bits per heavy atom. The van der Waals surface area contributed by atoms with Crippen LogP contribution in [0.4, 0.5) is 5.69 Å². The van der Waals surface area contributed by atoms with Gasteiger partial charge in [-0.3, -0.25) is 4.79 Å². The minimum atomic E-state index is -0.463. The van der Waals surface area contributed by atoms with E-state index in [0.717, 1.165) is 12.8 Å². The van der Waals surface area contributed by atoms with Crippen LogP contribution >= 0.6 is 0 Å². The number of amides is 1. The lowest BCUT2D eigenvalue weighted by molar-refractivity contribution is -0.148. The number of nitrogens with zero attached hydrogens (tertiary/aromatic N) is 1. The van der Waals surface area contributed by atoms with E-state index in [-0.39, 0.29) is 29.5 Å². The number of carbonyl (C=O) groups excluding carboxylic acids is 2. The van der Waals surface area contributed by atoms with Crippen molar-refractivity contribution in [2.75, 3.05) is 32.1 Å². The first-order valence-corrected chi connectivity index (χ1v) is 9.04. The monoisotopic (exact) mass is 363 g/mol. The third-order valence-electron chi connectivity index (χ3n) is 4.13. The zero-order valence-corrected chi connectivity index (χ0v) is 16.1. The van der Waals surface area contributed by atoms with Crippen LogP contribution in [0.1, 0.15) is 50.5 Å². The van der Waals surface area contributed by atoms with Crippen LogP contribution in [0.3, 0.4) is 0 Å². The average molecular weight is 363 g/mol. The molecule has 0 saturated heterocycles. The van der Waals surface area contributed by atoms with Gasteiger partial charge in [0.1, 0.15) is 0 Å². The summed E-state index contributed by atoms with van der Waals surface area (Å²) in [6.45, 7) is 6.67. The summed E-state index contributed by atoms with van der Waals surface area (Å²) in [5.74, 6) is 0.0666. The number of ether oxygens (including phenoxy) is 2. The Morgan fingerprint density at radius 2 is 2.00 bits per heavy atom. The molecule has 2 rings (SSSR count). The number of pyridine rings is 1. The van der Waals surface area contributed by atoms with Crippen LogP contribution in [0.15, 0.2) is 12.1 Å². The molecule has 0 unspecified atom stereocenters. The van der Waals surface area contributed by atoms with E-state index >= 15 is 0 Å². The Labute approximate surface area is 154 Å². The Balaban J connectivity index is 1.92. The van der Waals surface area contributed by atoms with Gasteiger partial charge in [0, 0.05) is 19.7 Å². The highest BCUT2D eigenvalue weighted by atomic mass is 16.6. The minimum Gasteiger partial charge on any atom is -0.466 e. The number of hydrogen-bond acceptors (Lipinski definition) is 6. The maximum atomic E-state index is 12.4. The Kier molecular flexibility index (Phi) is 6.83. The number of hydrogen-bond donors (Lipinski definition) is 2. The lowest BCUT2D eigenvalue weighted by atomic mass is 9.85. The predicted molar refractivity (Wildman–Crippen MR) is 99.4 cm³/mol. The maximum absolute atomic E-state index is 12.4. The number of aromatic nitrogens is 1. The second-order valence-electron chi connectivity index (χ2n) is 7.81. The molecule has 144 valence electrons. The summed E-state index contributed by atoms with van der Waals surface area (Å²) in [6.07, 6.45) is 3.55. The Bertz CT molecular complexity index is 636. The largest absolute Gasteiger partial charge is 0.466 e. The topological polar surface area (TPSA) is 89.6 Å². The van der Waals surface area contributed by atoms with Gasteiger partial charge in [0.25, 0.3) is 5.91 Å². The molecule has 1 aliphatic carbocycles. The lowest BCUT2D eigenvalue weighted by Gasteiger charge is -2.25. The molecule has 0 bridgehead atoms. The van der Waals surface area contributed by atoms with Crippen LogP contribution in [0.25, 0.3) is 0 Å². The molecule has 1 amide bonds. The molecule has 26 heavy (non-hydrogen) atoms. The summed E-state index contributed by atoms with van der Waals surface area (Å²) in [5.41, 5.74) is 0.764. The molecular weight excluding hydrogens is 334 g/mol. The van der Waals surface area contributed by atoms with Gasteiger partial charge in [0.05, 0.1) is 12.3 Å². The molecule has 1 aromatic rings. The van der Waals surface area contributed by atoms with Crippen molar-refractivity contribution in [2.24, 2.45) is 11.3 Å². The molecule has 7 heteroatoms. The van der Waals surface area contributed by atoms with E-state index < -0.39 is 5.97 Å². The van der Waals surface area contributed by atoms with E-state index in [4.69, 9.17) is 9.47 Å². The van der Waals surface area contributed by atoms with E-state index in [1.54, 1.807) is 19.2 Å². The first kappa shape index (κ1) is 20.0. The van der Waals surface area contributed by atoms with E-state index in [0.29, 0.717) is 24.8 Å². The number of esters is 1. The van der Waals surface area contributed by atoms with Gasteiger partial charge in [-0.2, -0.15) is 0 Å². The molecule has 0 aromatic carbocycles. The van der Waals surface area contributed by atoms with Gasteiger partial charge in [-0.25, -0.2) is 9.78 Å². The molecule has 1 aromatic heterocycles. The van der Waals surface area contributed by atoms with Gasteiger partial charge in [-0.1, -0.05) is 27.2 Å². The maximum Gasteiger partial charge on any atom is 0.344 e. The average Bonchev–Trinajstić information content (AvgIpc) is 2.55. The Hall–Kier alpha value is -2.31. The standard InChI is InChI=1S/C19H29N3O4/c1-19(2,3)12-26-16(23)11-25-15-9-8-14(20-4)17(22-15)18(24)21-10-13-6-5-7-13/h8-9,13,20H,5-7,10-12H2,1-4H3,(H,21,24). The van der Waals surface area contributed by atoms with Crippen molar-refractivity contribution in [2.45, 2.75) is 40.0 Å². The zero-order valence-electron chi connectivity index (χ0n) is 16.1. The fourth-order valence-corrected chi connectivity index (χ4v) is 2.39. The molecule has 1 fully saturated rings. The molecule has 0 aliphatic heterocycles. The fourth-order valence-electron chi connectivity index (χ4n) is 2.39. The van der Waals surface area contributed by atoms with E-state index in [1.807, 2.05) is 20.8 Å². The second kappa shape index (κ2) is 8.87. The van der Waals surface area contributed by atoms with Crippen molar-refractivity contribution in [3.05, 3.63) is 17.8 Å². The molecule has 7 nitrogen and oxygen atoms in total. The van der Waals surface area contributed by atoms with Gasteiger partial charge in [0.2, 0.25) is 5.88 Å². The van der Waals surface area contributed by atoms with Crippen molar-refractivity contribution in [3.63, 3.8) is 0 Å². The first-order valence-electron chi connectivity index (χ1n) is 9.04. The van der Waals surface area contributed by atoms with Crippen molar-refractivity contribution in [1.29, 1.82) is 0 Å². The number of anilines is 1. The van der Waals surface area contributed by atoms with Crippen LogP contribution in [0, 0.1) is 11.3 Å². The van der Waals surface area contributed by atoms with Gasteiger partial charge in [0.15, 0.2) is 12.3 Å². The van der Waals surface area contributed by atoms with Gasteiger partial charge in [-0.05, 0) is 30.2 Å². The second-order valence-corrected chi connectivity index (χ2v) is 7.81. The molecular formula is C19H29N3O4. The summed E-state index contributed by atoms with van der Waals surface area (Å²) < 4.78 is 10.5. The molecule has 1 aliphatic rings. The van der Waals surface area contributed by atoms with E-state index in [2.05, 4.69) is 15.6 Å². The highest BCUT2D eigenvalue weighted by Gasteiger charge is 2.20. The van der Waals surface area contributed by atoms with Gasteiger partial charge < -0.3 is 20.1 Å². The van der Waals surface area contributed by atoms with Gasteiger partial charge in [-0.15, -0.1) is 0 Å².